The summed E-state index contributed by atoms with van der Waals surface area (Å²) in [5, 5.41) is 10.3. The first kappa shape index (κ1) is 80.9. The van der Waals surface area contributed by atoms with E-state index in [1.165, 1.54) is 252 Å². The maximum absolute atomic E-state index is 15.3. The lowest BCUT2D eigenvalue weighted by Crippen LogP contribution is -2.35. The average Bonchev–Trinajstić information content (AvgIpc) is 0.818. The third-order valence-electron chi connectivity index (χ3n) is 27.8. The summed E-state index contributed by atoms with van der Waals surface area (Å²) in [6.07, 6.45) is 21.5. The van der Waals surface area contributed by atoms with Gasteiger partial charge in [0, 0.05) is 63.1 Å². The van der Waals surface area contributed by atoms with Crippen LogP contribution in [0.25, 0.3) is 110 Å². The van der Waals surface area contributed by atoms with Crippen LogP contribution in [0.1, 0.15) is 227 Å². The Balaban J connectivity index is 0.000000122. The SMILES string of the molecule is Cc1cc(-c2c(C)cccc2C)ccc1-c1c2ccc(C3CCCC3)cc2cc(C)[n+]1C.Cc1cc(-c2c3ccc(C4CCCC4)cc3cc(C)[n+]2C)c(C)c(C)c1F.Cc1cc(-c2ccccc2)ccc1-c1c2ccc(C3CCCC3)cc2cc(C)[n+]1C.Cc1cc(C)c(F)c(-c2c3ccc(C4CCCC4)cc3cc(C)[n+]2C)c1C. The molecular formula is C110H122F2N4+4. The van der Waals surface area contributed by atoms with Crippen molar-refractivity contribution in [2.45, 2.75) is 223 Å². The molecule has 0 radical (unpaired) electrons. The van der Waals surface area contributed by atoms with Gasteiger partial charge in [-0.2, -0.15) is 18.3 Å². The predicted octanol–water partition coefficient (Wildman–Crippen LogP) is 27.9. The molecule has 116 heavy (non-hydrogen) atoms. The first-order chi connectivity index (χ1) is 55.8. The Labute approximate surface area is 691 Å². The molecule has 4 fully saturated rings. The van der Waals surface area contributed by atoms with E-state index in [4.69, 9.17) is 0 Å². The molecule has 18 rings (SSSR count). The highest BCUT2D eigenvalue weighted by molar-refractivity contribution is 5.98. The van der Waals surface area contributed by atoms with Gasteiger partial charge in [-0.15, -0.1) is 0 Å². The molecule has 0 saturated heterocycles. The molecule has 0 amide bonds. The number of aryl methyl sites for hydroxylation is 11. The largest absolute Gasteiger partial charge is 0.223 e. The summed E-state index contributed by atoms with van der Waals surface area (Å²) in [6, 6.07) is 72.5. The van der Waals surface area contributed by atoms with E-state index in [1.54, 1.807) is 0 Å². The Morgan fingerprint density at radius 2 is 0.586 bits per heavy atom. The zero-order valence-electron chi connectivity index (χ0n) is 72.6. The standard InChI is InChI=1S/C31H34N.C29H30N.2C25H29FN/c1-20-9-8-10-21(2)30(20)26-14-15-28(22(3)17-26)31-29-16-13-25(24-11-6-7-12-24)19-27(29)18-23(4)32(31)5;1-20-17-24(22-9-5-4-6-10-22)13-15-27(20)29-28-16-14-25(23-11-7-8-12-23)19-26(28)18-21(2)30(29)3;1-15-12-23(17(3)18(4)24(15)26)25-22-11-10-20(19-8-6-7-9-19)14-21(22)13-16(2)27(25)5;1-15-12-16(2)24(26)23(18(15)4)25-22-11-10-20(19-8-6-7-9-19)14-21(22)13-17(3)27(25)5/h8-10,13-19,24H,6-7,11-12H2,1-5H3;4-6,9-10,13-19,23H,7-8,11-12H2,1-3H3;2*10-14,19H,6-9H2,1-5H3/q4*+1. The lowest BCUT2D eigenvalue weighted by Gasteiger charge is -2.16. The van der Waals surface area contributed by atoms with Crippen LogP contribution in [-0.4, -0.2) is 0 Å². The summed E-state index contributed by atoms with van der Waals surface area (Å²) in [6.45, 7) is 29.4. The van der Waals surface area contributed by atoms with Gasteiger partial charge in [-0.3, -0.25) is 0 Å². The highest BCUT2D eigenvalue weighted by Gasteiger charge is 2.31. The van der Waals surface area contributed by atoms with Crippen molar-refractivity contribution >= 4 is 43.1 Å². The van der Waals surface area contributed by atoms with Gasteiger partial charge >= 0.3 is 0 Å². The topological polar surface area (TPSA) is 15.5 Å². The van der Waals surface area contributed by atoms with Gasteiger partial charge < -0.3 is 0 Å². The molecule has 4 aromatic heterocycles. The normalized spacial score (nSPS) is 14.7. The Morgan fingerprint density at radius 1 is 0.241 bits per heavy atom. The number of hydrogen-bond donors (Lipinski definition) is 0. The van der Waals surface area contributed by atoms with Crippen molar-refractivity contribution in [1.82, 2.24) is 0 Å². The summed E-state index contributed by atoms with van der Waals surface area (Å²) in [5.74, 6) is 2.71. The highest BCUT2D eigenvalue weighted by atomic mass is 19.1. The summed E-state index contributed by atoms with van der Waals surface area (Å²) in [5.41, 5.74) is 36.2. The monoisotopic (exact) mass is 1540 g/mol. The number of fused-ring (bicyclic) bond motifs is 4. The smallest absolute Gasteiger partial charge is 0.206 e. The van der Waals surface area contributed by atoms with Crippen LogP contribution < -0.4 is 18.3 Å². The van der Waals surface area contributed by atoms with Gasteiger partial charge in [-0.05, 0) is 308 Å². The van der Waals surface area contributed by atoms with Gasteiger partial charge in [0.05, 0.1) is 32.7 Å². The molecule has 0 bridgehead atoms. The number of pyridine rings is 4. The Kier molecular flexibility index (Phi) is 23.8. The minimum Gasteiger partial charge on any atom is -0.206 e. The Bertz CT molecular complexity index is 6070. The van der Waals surface area contributed by atoms with Crippen molar-refractivity contribution in [2.24, 2.45) is 28.2 Å². The van der Waals surface area contributed by atoms with Gasteiger partial charge in [0.2, 0.25) is 22.8 Å². The number of aromatic nitrogens is 4. The predicted molar refractivity (Wildman–Crippen MR) is 484 cm³/mol. The molecule has 4 heterocycles. The number of benzene rings is 10. The molecule has 0 N–H and O–H groups in total. The lowest BCUT2D eigenvalue weighted by molar-refractivity contribution is -0.665. The highest BCUT2D eigenvalue weighted by Crippen LogP contribution is 2.44. The molecule has 4 nitrogen and oxygen atoms in total. The van der Waals surface area contributed by atoms with Crippen molar-refractivity contribution in [3.05, 3.63) is 306 Å². The quantitative estimate of drug-likeness (QED) is 0.121. The average molecular weight is 1540 g/mol. The van der Waals surface area contributed by atoms with E-state index in [2.05, 4.69) is 284 Å². The minimum atomic E-state index is -0.0968. The summed E-state index contributed by atoms with van der Waals surface area (Å²) >= 11 is 0. The molecule has 14 aromatic rings. The van der Waals surface area contributed by atoms with Gasteiger partial charge in [-0.1, -0.05) is 179 Å². The summed E-state index contributed by atoms with van der Waals surface area (Å²) in [7, 11) is 8.56. The van der Waals surface area contributed by atoms with Crippen LogP contribution in [0.2, 0.25) is 0 Å². The van der Waals surface area contributed by atoms with Crippen LogP contribution in [0.4, 0.5) is 8.78 Å². The fraction of sp³-hybridized carbons (Fsp3) is 0.345. The second kappa shape index (κ2) is 34.1. The van der Waals surface area contributed by atoms with Crippen molar-refractivity contribution in [3.8, 4) is 67.3 Å². The van der Waals surface area contributed by atoms with E-state index >= 15 is 4.39 Å². The van der Waals surface area contributed by atoms with E-state index in [9.17, 15) is 4.39 Å². The summed E-state index contributed by atoms with van der Waals surface area (Å²) < 4.78 is 38.8. The third-order valence-corrected chi connectivity index (χ3v) is 27.8. The van der Waals surface area contributed by atoms with Crippen LogP contribution in [0, 0.1) is 109 Å². The van der Waals surface area contributed by atoms with Crippen molar-refractivity contribution in [2.75, 3.05) is 0 Å². The van der Waals surface area contributed by atoms with Crippen LogP contribution in [0.5, 0.6) is 0 Å². The number of halogens is 2. The van der Waals surface area contributed by atoms with Crippen LogP contribution in [0.15, 0.2) is 194 Å². The molecule has 4 aliphatic rings. The molecule has 10 aromatic carbocycles. The van der Waals surface area contributed by atoms with E-state index < -0.39 is 0 Å². The zero-order valence-corrected chi connectivity index (χ0v) is 72.6. The van der Waals surface area contributed by atoms with Gasteiger partial charge in [-0.25, -0.2) is 8.78 Å². The van der Waals surface area contributed by atoms with Crippen LogP contribution in [0.3, 0.4) is 0 Å². The van der Waals surface area contributed by atoms with Crippen molar-refractivity contribution in [3.63, 3.8) is 0 Å². The van der Waals surface area contributed by atoms with Crippen LogP contribution in [-0.2, 0) is 28.2 Å². The Hall–Kier alpha value is -10.3. The maximum Gasteiger partial charge on any atom is 0.223 e. The zero-order chi connectivity index (χ0) is 81.7. The van der Waals surface area contributed by atoms with Gasteiger partial charge in [0.1, 0.15) is 39.8 Å². The molecule has 0 atom stereocenters. The Morgan fingerprint density at radius 3 is 0.974 bits per heavy atom. The summed E-state index contributed by atoms with van der Waals surface area (Å²) in [4.78, 5) is 0. The van der Waals surface area contributed by atoms with Crippen LogP contribution >= 0.6 is 0 Å². The van der Waals surface area contributed by atoms with Gasteiger partial charge in [0.15, 0.2) is 22.8 Å². The molecule has 4 saturated carbocycles. The molecule has 592 valence electrons. The number of nitrogens with zero attached hydrogens (tertiary/aromatic N) is 4. The third kappa shape index (κ3) is 16.0. The molecule has 0 unspecified atom stereocenters. The fourth-order valence-corrected chi connectivity index (χ4v) is 20.4. The maximum atomic E-state index is 15.3. The molecule has 6 heteroatoms. The fourth-order valence-electron chi connectivity index (χ4n) is 20.4. The van der Waals surface area contributed by atoms with Crippen molar-refractivity contribution in [1.29, 1.82) is 0 Å². The second-order valence-corrected chi connectivity index (χ2v) is 35.4. The van der Waals surface area contributed by atoms with E-state index in [0.717, 1.165) is 62.0 Å². The van der Waals surface area contributed by atoms with E-state index in [-0.39, 0.29) is 11.6 Å². The van der Waals surface area contributed by atoms with Gasteiger partial charge in [0.25, 0.3) is 0 Å². The lowest BCUT2D eigenvalue weighted by atomic mass is 9.90. The van der Waals surface area contributed by atoms with E-state index in [0.29, 0.717) is 23.0 Å². The first-order valence-corrected chi connectivity index (χ1v) is 43.4. The number of rotatable bonds is 10. The first-order valence-electron chi connectivity index (χ1n) is 43.4. The molecule has 4 aliphatic carbocycles. The number of hydrogen-bond acceptors (Lipinski definition) is 0. The molecular weight excluding hydrogens is 1420 g/mol. The minimum absolute atomic E-state index is 0.0839. The van der Waals surface area contributed by atoms with E-state index in [1.807, 2.05) is 53.8 Å². The molecule has 0 aliphatic heterocycles. The van der Waals surface area contributed by atoms with Crippen molar-refractivity contribution < 1.29 is 27.0 Å². The molecule has 0 spiro atoms. The second-order valence-electron chi connectivity index (χ2n) is 35.4.